The highest BCUT2D eigenvalue weighted by Crippen LogP contribution is 2.49. The molecule has 3 aromatic rings. The highest BCUT2D eigenvalue weighted by atomic mass is 16.7. The summed E-state index contributed by atoms with van der Waals surface area (Å²) < 4.78 is 5.54. The van der Waals surface area contributed by atoms with Gasteiger partial charge in [-0.2, -0.15) is 0 Å². The van der Waals surface area contributed by atoms with Crippen LogP contribution in [0.5, 0.6) is 5.75 Å². The minimum Gasteiger partial charge on any atom is -0.496 e. The first kappa shape index (κ1) is 20.7. The van der Waals surface area contributed by atoms with E-state index in [4.69, 9.17) is 9.57 Å². The van der Waals surface area contributed by atoms with E-state index in [-0.39, 0.29) is 11.4 Å². The molecule has 2 aliphatic heterocycles. The van der Waals surface area contributed by atoms with E-state index in [0.29, 0.717) is 17.0 Å². The van der Waals surface area contributed by atoms with Crippen LogP contribution >= 0.6 is 0 Å². The number of amides is 2. The second-order valence-corrected chi connectivity index (χ2v) is 7.69. The van der Waals surface area contributed by atoms with Crippen LogP contribution in [-0.4, -0.2) is 30.0 Å². The molecule has 0 radical (unpaired) electrons. The zero-order chi connectivity index (χ0) is 23.1. The molecular formula is C24H19N3O6. The molecule has 9 nitrogen and oxygen atoms in total. The largest absolute Gasteiger partial charge is 0.496 e. The van der Waals surface area contributed by atoms with E-state index in [2.05, 4.69) is 0 Å². The number of anilines is 2. The predicted octanol–water partition coefficient (Wildman–Crippen LogP) is 3.65. The number of hydrogen-bond acceptors (Lipinski definition) is 7. The van der Waals surface area contributed by atoms with Gasteiger partial charge in [0.25, 0.3) is 11.6 Å². The summed E-state index contributed by atoms with van der Waals surface area (Å²) >= 11 is 0. The molecule has 0 saturated carbocycles. The molecule has 9 heteroatoms. The third kappa shape index (κ3) is 3.30. The normalized spacial score (nSPS) is 21.9. The minimum absolute atomic E-state index is 0.128. The Hall–Kier alpha value is -4.24. The van der Waals surface area contributed by atoms with E-state index in [1.54, 1.807) is 18.2 Å². The van der Waals surface area contributed by atoms with E-state index < -0.39 is 34.8 Å². The number of nitro benzene ring substituents is 1. The van der Waals surface area contributed by atoms with E-state index in [1.165, 1.54) is 24.3 Å². The first-order valence-electron chi connectivity index (χ1n) is 10.3. The van der Waals surface area contributed by atoms with Crippen LogP contribution in [0.1, 0.15) is 11.6 Å². The van der Waals surface area contributed by atoms with Crippen molar-refractivity contribution in [2.75, 3.05) is 17.1 Å². The molecule has 3 atom stereocenters. The number of ether oxygens (including phenoxy) is 1. The number of imide groups is 1. The second-order valence-electron chi connectivity index (χ2n) is 7.69. The van der Waals surface area contributed by atoms with Gasteiger partial charge >= 0.3 is 0 Å². The van der Waals surface area contributed by atoms with Crippen molar-refractivity contribution in [3.05, 3.63) is 94.5 Å². The van der Waals surface area contributed by atoms with Crippen LogP contribution in [0.4, 0.5) is 17.1 Å². The molecule has 0 N–H and O–H groups in total. The quantitative estimate of drug-likeness (QED) is 0.336. The number of carbonyl (C=O) groups excluding carboxylic acids is 2. The van der Waals surface area contributed by atoms with Crippen molar-refractivity contribution >= 4 is 28.9 Å². The zero-order valence-corrected chi connectivity index (χ0v) is 17.5. The third-order valence-corrected chi connectivity index (χ3v) is 5.90. The molecule has 2 saturated heterocycles. The number of hydroxylamine groups is 1. The Balaban J connectivity index is 1.58. The average Bonchev–Trinajstić information content (AvgIpc) is 3.35. The topological polar surface area (TPSA) is 102 Å². The maximum absolute atomic E-state index is 13.6. The monoisotopic (exact) mass is 445 g/mol. The number of nitro groups is 1. The molecule has 33 heavy (non-hydrogen) atoms. The van der Waals surface area contributed by atoms with E-state index in [9.17, 15) is 19.7 Å². The van der Waals surface area contributed by atoms with Gasteiger partial charge in [-0.3, -0.25) is 24.5 Å². The predicted molar refractivity (Wildman–Crippen MR) is 119 cm³/mol. The van der Waals surface area contributed by atoms with E-state index in [0.717, 1.165) is 4.90 Å². The molecule has 0 unspecified atom stereocenters. The highest BCUT2D eigenvalue weighted by Gasteiger charge is 2.60. The van der Waals surface area contributed by atoms with Crippen molar-refractivity contribution in [2.24, 2.45) is 5.92 Å². The summed E-state index contributed by atoms with van der Waals surface area (Å²) in [6, 6.07) is 21.2. The van der Waals surface area contributed by atoms with Crippen molar-refractivity contribution in [3.63, 3.8) is 0 Å². The summed E-state index contributed by atoms with van der Waals surface area (Å²) in [6.45, 7) is 0. The lowest BCUT2D eigenvalue weighted by Crippen LogP contribution is -2.37. The fourth-order valence-electron chi connectivity index (χ4n) is 4.42. The number of carbonyl (C=O) groups is 2. The number of benzene rings is 3. The Morgan fingerprint density at radius 1 is 0.879 bits per heavy atom. The molecule has 0 aliphatic carbocycles. The number of non-ortho nitro benzene ring substituents is 1. The summed E-state index contributed by atoms with van der Waals surface area (Å²) in [5, 5.41) is 12.6. The number of fused-ring (bicyclic) bond motifs is 1. The van der Waals surface area contributed by atoms with E-state index >= 15 is 0 Å². The zero-order valence-electron chi connectivity index (χ0n) is 17.5. The lowest BCUT2D eigenvalue weighted by atomic mass is 9.90. The van der Waals surface area contributed by atoms with Gasteiger partial charge in [-0.05, 0) is 30.3 Å². The maximum Gasteiger partial charge on any atom is 0.269 e. The van der Waals surface area contributed by atoms with Crippen LogP contribution in [0.15, 0.2) is 78.9 Å². The van der Waals surface area contributed by atoms with Crippen molar-refractivity contribution in [3.8, 4) is 5.75 Å². The molecule has 2 fully saturated rings. The lowest BCUT2D eigenvalue weighted by molar-refractivity contribution is -0.384. The van der Waals surface area contributed by atoms with Crippen molar-refractivity contribution in [2.45, 2.75) is 12.1 Å². The average molecular weight is 445 g/mol. The Kier molecular flexibility index (Phi) is 5.02. The van der Waals surface area contributed by atoms with Crippen LogP contribution in [0.2, 0.25) is 0 Å². The van der Waals surface area contributed by atoms with Gasteiger partial charge in [-0.1, -0.05) is 36.4 Å². The summed E-state index contributed by atoms with van der Waals surface area (Å²) in [6.07, 6.45) is -1.04. The molecule has 0 aromatic heterocycles. The molecule has 3 aromatic carbocycles. The molecule has 166 valence electrons. The Morgan fingerprint density at radius 3 is 2.21 bits per heavy atom. The summed E-state index contributed by atoms with van der Waals surface area (Å²) in [7, 11) is 1.55. The molecule has 0 bridgehead atoms. The van der Waals surface area contributed by atoms with Gasteiger partial charge in [-0.15, -0.1) is 0 Å². The number of hydrogen-bond donors (Lipinski definition) is 0. The highest BCUT2D eigenvalue weighted by molar-refractivity contribution is 6.24. The standard InChI is InChI=1S/C24H19N3O6/c1-32-19-10-6-5-9-18(19)21-20-22(33-26(21)16-7-3-2-4-8-16)24(29)25(23(20)28)15-11-13-17(14-12-15)27(30)31/h2-14,20-22H,1H3/t20-,21-,22+/m1/s1. The van der Waals surface area contributed by atoms with Crippen molar-refractivity contribution in [1.29, 1.82) is 0 Å². The Labute approximate surface area is 188 Å². The van der Waals surface area contributed by atoms with Gasteiger partial charge in [0.1, 0.15) is 11.7 Å². The summed E-state index contributed by atoms with van der Waals surface area (Å²) in [5.74, 6) is -1.21. The van der Waals surface area contributed by atoms with Crippen LogP contribution < -0.4 is 14.7 Å². The van der Waals surface area contributed by atoms with Gasteiger partial charge in [-0.25, -0.2) is 9.96 Å². The molecule has 2 heterocycles. The number of nitrogens with zero attached hydrogens (tertiary/aromatic N) is 3. The number of methoxy groups -OCH3 is 1. The minimum atomic E-state index is -1.04. The van der Waals surface area contributed by atoms with Gasteiger partial charge in [0.2, 0.25) is 5.91 Å². The van der Waals surface area contributed by atoms with Crippen molar-refractivity contribution in [1.82, 2.24) is 0 Å². The molecular weight excluding hydrogens is 426 g/mol. The molecule has 2 aliphatic rings. The third-order valence-electron chi connectivity index (χ3n) is 5.90. The lowest BCUT2D eigenvalue weighted by Gasteiger charge is -2.29. The molecule has 0 spiro atoms. The number of para-hydroxylation sites is 2. The maximum atomic E-state index is 13.6. The number of rotatable bonds is 5. The first-order valence-corrected chi connectivity index (χ1v) is 10.3. The Bertz CT molecular complexity index is 1230. The molecule has 5 rings (SSSR count). The van der Waals surface area contributed by atoms with Gasteiger partial charge in [0, 0.05) is 17.7 Å². The first-order chi connectivity index (χ1) is 16.0. The summed E-state index contributed by atoms with van der Waals surface area (Å²) in [5.41, 5.74) is 1.54. The van der Waals surface area contributed by atoms with Crippen LogP contribution in [0.25, 0.3) is 0 Å². The second kappa shape index (κ2) is 8.03. The van der Waals surface area contributed by atoms with E-state index in [1.807, 2.05) is 48.5 Å². The van der Waals surface area contributed by atoms with Crippen LogP contribution in [0.3, 0.4) is 0 Å². The molecule has 2 amide bonds. The Morgan fingerprint density at radius 2 is 1.55 bits per heavy atom. The fraction of sp³-hybridized carbons (Fsp3) is 0.167. The van der Waals surface area contributed by atoms with Crippen LogP contribution in [0, 0.1) is 16.0 Å². The van der Waals surface area contributed by atoms with Crippen molar-refractivity contribution < 1.29 is 24.1 Å². The smallest absolute Gasteiger partial charge is 0.269 e. The SMILES string of the molecule is COc1ccccc1[C@@H]1[C@H]2C(=O)N(c3ccc([N+](=O)[O-])cc3)C(=O)[C@H]2ON1c1ccccc1. The summed E-state index contributed by atoms with van der Waals surface area (Å²) in [4.78, 5) is 44.5. The van der Waals surface area contributed by atoms with Gasteiger partial charge < -0.3 is 4.74 Å². The van der Waals surface area contributed by atoms with Gasteiger partial charge in [0.05, 0.1) is 29.4 Å². The fourth-order valence-corrected chi connectivity index (χ4v) is 4.42. The van der Waals surface area contributed by atoms with Crippen LogP contribution in [-0.2, 0) is 14.4 Å². The van der Waals surface area contributed by atoms with Gasteiger partial charge in [0.15, 0.2) is 6.10 Å².